The van der Waals surface area contributed by atoms with Gasteiger partial charge in [-0.1, -0.05) is 29.8 Å². The molecule has 0 unspecified atom stereocenters. The van der Waals surface area contributed by atoms with Gasteiger partial charge in [0.05, 0.1) is 11.5 Å². The van der Waals surface area contributed by atoms with E-state index in [9.17, 15) is 19.8 Å². The fourth-order valence-electron chi connectivity index (χ4n) is 3.68. The molecule has 2 aliphatic rings. The van der Waals surface area contributed by atoms with E-state index in [1.807, 2.05) is 31.2 Å². The Morgan fingerprint density at radius 2 is 1.42 bits per heavy atom. The number of carbonyl (C=O) groups is 2. The third-order valence-electron chi connectivity index (χ3n) is 4.81. The normalized spacial score (nSPS) is 19.4. The second kappa shape index (κ2) is 6.63. The van der Waals surface area contributed by atoms with Crippen LogP contribution < -0.4 is 0 Å². The van der Waals surface area contributed by atoms with Crippen LogP contribution in [0, 0.1) is 6.92 Å². The molecule has 0 bridgehead atoms. The van der Waals surface area contributed by atoms with E-state index < -0.39 is 5.92 Å². The van der Waals surface area contributed by atoms with E-state index in [1.54, 1.807) is 0 Å². The zero-order valence-electron chi connectivity index (χ0n) is 13.8. The van der Waals surface area contributed by atoms with E-state index >= 15 is 0 Å². The fourth-order valence-corrected chi connectivity index (χ4v) is 3.68. The monoisotopic (exact) mass is 326 g/mol. The molecule has 2 N–H and O–H groups in total. The van der Waals surface area contributed by atoms with Crippen LogP contribution in [0.25, 0.3) is 0 Å². The lowest BCUT2D eigenvalue weighted by Gasteiger charge is -2.28. The molecule has 0 fully saturated rings. The van der Waals surface area contributed by atoms with Gasteiger partial charge in [-0.25, -0.2) is 0 Å². The highest BCUT2D eigenvalue weighted by atomic mass is 16.3. The first-order valence-electron chi connectivity index (χ1n) is 8.46. The molecule has 0 aromatic heterocycles. The molecule has 1 aromatic rings. The number of Topliss-reactive ketones (excluding diaryl/α,β-unsaturated/α-hetero) is 2. The maximum absolute atomic E-state index is 12.5. The van der Waals surface area contributed by atoms with Gasteiger partial charge < -0.3 is 10.2 Å². The van der Waals surface area contributed by atoms with E-state index in [2.05, 4.69) is 0 Å². The SMILES string of the molecule is Cc1cccc(C(C2=C(O)CCCC2=O)C2=C(O)CCCC2=O)c1. The molecule has 0 spiro atoms. The molecule has 126 valence electrons. The van der Waals surface area contributed by atoms with Crippen molar-refractivity contribution in [3.63, 3.8) is 0 Å². The predicted octanol–water partition coefficient (Wildman–Crippen LogP) is 4.21. The van der Waals surface area contributed by atoms with Gasteiger partial charge in [0.2, 0.25) is 0 Å². The zero-order valence-corrected chi connectivity index (χ0v) is 13.8. The summed E-state index contributed by atoms with van der Waals surface area (Å²) in [5.41, 5.74) is 2.33. The summed E-state index contributed by atoms with van der Waals surface area (Å²) in [6.45, 7) is 1.94. The number of carbonyl (C=O) groups excluding carboxylic acids is 2. The van der Waals surface area contributed by atoms with Crippen LogP contribution in [0.2, 0.25) is 0 Å². The van der Waals surface area contributed by atoms with E-state index in [1.165, 1.54) is 0 Å². The highest BCUT2D eigenvalue weighted by Gasteiger charge is 2.37. The van der Waals surface area contributed by atoms with E-state index in [4.69, 9.17) is 0 Å². The number of hydrogen-bond donors (Lipinski definition) is 2. The molecular formula is C20H22O4. The van der Waals surface area contributed by atoms with Crippen molar-refractivity contribution in [3.05, 3.63) is 58.1 Å². The smallest absolute Gasteiger partial charge is 0.163 e. The van der Waals surface area contributed by atoms with Crippen LogP contribution >= 0.6 is 0 Å². The first kappa shape index (κ1) is 16.5. The molecule has 0 radical (unpaired) electrons. The van der Waals surface area contributed by atoms with Crippen LogP contribution in [0.4, 0.5) is 0 Å². The molecule has 0 atom stereocenters. The standard InChI is InChI=1S/C20H22O4/c1-12-5-2-6-13(11-12)18(19-14(21)7-3-8-15(19)22)20-16(23)9-4-10-17(20)24/h2,5-6,11,18,21,23H,3-4,7-10H2,1H3. The summed E-state index contributed by atoms with van der Waals surface area (Å²) < 4.78 is 0. The fraction of sp³-hybridized carbons (Fsp3) is 0.400. The Bertz CT molecular complexity index is 713. The minimum Gasteiger partial charge on any atom is -0.512 e. The highest BCUT2D eigenvalue weighted by molar-refractivity contribution is 6.05. The molecule has 0 heterocycles. The van der Waals surface area contributed by atoms with Crippen LogP contribution in [-0.2, 0) is 9.59 Å². The summed E-state index contributed by atoms with van der Waals surface area (Å²) >= 11 is 0. The summed E-state index contributed by atoms with van der Waals surface area (Å²) in [5.74, 6) is -0.841. The lowest BCUT2D eigenvalue weighted by Crippen LogP contribution is -2.25. The van der Waals surface area contributed by atoms with Gasteiger partial charge in [0.25, 0.3) is 0 Å². The summed E-state index contributed by atoms with van der Waals surface area (Å²) in [6, 6.07) is 7.57. The Kier molecular flexibility index (Phi) is 4.56. The number of ketones is 2. The number of aliphatic hydroxyl groups is 2. The Labute approximate surface area is 141 Å². The lowest BCUT2D eigenvalue weighted by molar-refractivity contribution is -0.117. The van der Waals surface area contributed by atoms with Crippen LogP contribution in [-0.4, -0.2) is 21.8 Å². The summed E-state index contributed by atoms with van der Waals surface area (Å²) in [6.07, 6.45) is 2.84. The number of benzene rings is 1. The van der Waals surface area contributed by atoms with E-state index in [-0.39, 0.29) is 34.2 Å². The second-order valence-electron chi connectivity index (χ2n) is 6.62. The predicted molar refractivity (Wildman–Crippen MR) is 90.9 cm³/mol. The minimum atomic E-state index is -0.675. The van der Waals surface area contributed by atoms with Gasteiger partial charge in [-0.3, -0.25) is 9.59 Å². The quantitative estimate of drug-likeness (QED) is 0.872. The van der Waals surface area contributed by atoms with Crippen LogP contribution in [0.15, 0.2) is 46.9 Å². The molecule has 2 aliphatic carbocycles. The molecule has 1 aromatic carbocycles. The Morgan fingerprint density at radius 3 is 1.88 bits per heavy atom. The maximum atomic E-state index is 12.5. The number of aryl methyl sites for hydroxylation is 1. The first-order valence-corrected chi connectivity index (χ1v) is 8.46. The van der Waals surface area contributed by atoms with E-state index in [0.717, 1.165) is 11.1 Å². The lowest BCUT2D eigenvalue weighted by atomic mass is 9.74. The van der Waals surface area contributed by atoms with Crippen LogP contribution in [0.1, 0.15) is 55.6 Å². The first-order chi connectivity index (χ1) is 11.5. The Morgan fingerprint density at radius 1 is 0.875 bits per heavy atom. The van der Waals surface area contributed by atoms with Crippen molar-refractivity contribution in [2.45, 2.75) is 51.4 Å². The van der Waals surface area contributed by atoms with Crippen molar-refractivity contribution < 1.29 is 19.8 Å². The summed E-state index contributed by atoms with van der Waals surface area (Å²) in [4.78, 5) is 25.1. The Hall–Kier alpha value is -2.36. The molecule has 24 heavy (non-hydrogen) atoms. The van der Waals surface area contributed by atoms with Crippen molar-refractivity contribution in [3.8, 4) is 0 Å². The van der Waals surface area contributed by atoms with Gasteiger partial charge in [-0.05, 0) is 25.3 Å². The largest absolute Gasteiger partial charge is 0.512 e. The molecule has 3 rings (SSSR count). The van der Waals surface area contributed by atoms with Gasteiger partial charge in [0.1, 0.15) is 0 Å². The summed E-state index contributed by atoms with van der Waals surface area (Å²) in [7, 11) is 0. The highest BCUT2D eigenvalue weighted by Crippen LogP contribution is 2.41. The van der Waals surface area contributed by atoms with Crippen molar-refractivity contribution >= 4 is 11.6 Å². The van der Waals surface area contributed by atoms with Gasteiger partial charge in [-0.15, -0.1) is 0 Å². The molecular weight excluding hydrogens is 304 g/mol. The number of allylic oxidation sites excluding steroid dienone is 4. The maximum Gasteiger partial charge on any atom is 0.163 e. The second-order valence-corrected chi connectivity index (χ2v) is 6.62. The van der Waals surface area contributed by atoms with Crippen LogP contribution in [0.3, 0.4) is 0 Å². The molecule has 0 saturated heterocycles. The average molecular weight is 326 g/mol. The number of hydrogen-bond acceptors (Lipinski definition) is 4. The van der Waals surface area contributed by atoms with Crippen molar-refractivity contribution in [1.82, 2.24) is 0 Å². The topological polar surface area (TPSA) is 74.6 Å². The van der Waals surface area contributed by atoms with Crippen molar-refractivity contribution in [1.29, 1.82) is 0 Å². The van der Waals surface area contributed by atoms with Crippen molar-refractivity contribution in [2.75, 3.05) is 0 Å². The average Bonchev–Trinajstić information content (AvgIpc) is 2.53. The Balaban J connectivity index is 2.22. The van der Waals surface area contributed by atoms with Crippen molar-refractivity contribution in [2.24, 2.45) is 0 Å². The molecule has 0 saturated carbocycles. The zero-order chi connectivity index (χ0) is 17.3. The van der Waals surface area contributed by atoms with Gasteiger partial charge in [0, 0.05) is 42.7 Å². The third-order valence-corrected chi connectivity index (χ3v) is 4.81. The number of rotatable bonds is 3. The molecule has 4 heteroatoms. The van der Waals surface area contributed by atoms with E-state index in [0.29, 0.717) is 38.5 Å². The summed E-state index contributed by atoms with van der Waals surface area (Å²) in [5, 5.41) is 20.8. The molecule has 4 nitrogen and oxygen atoms in total. The third kappa shape index (κ3) is 3.01. The van der Waals surface area contributed by atoms with Gasteiger partial charge in [0.15, 0.2) is 11.6 Å². The van der Waals surface area contributed by atoms with Crippen LogP contribution in [0.5, 0.6) is 0 Å². The molecule has 0 aliphatic heterocycles. The molecule has 0 amide bonds. The van der Waals surface area contributed by atoms with Gasteiger partial charge >= 0.3 is 0 Å². The van der Waals surface area contributed by atoms with Gasteiger partial charge in [-0.2, -0.15) is 0 Å². The number of aliphatic hydroxyl groups excluding tert-OH is 2. The minimum absolute atomic E-state index is 0.0522.